The van der Waals surface area contributed by atoms with Crippen molar-refractivity contribution < 1.29 is 4.79 Å². The summed E-state index contributed by atoms with van der Waals surface area (Å²) in [6.07, 6.45) is 1.12. The molecule has 1 aliphatic heterocycles. The molecule has 0 aliphatic carbocycles. The van der Waals surface area contributed by atoms with E-state index >= 15 is 0 Å². The molecule has 88 valence electrons. The lowest BCUT2D eigenvalue weighted by molar-refractivity contribution is -0.130. The highest BCUT2D eigenvalue weighted by molar-refractivity contribution is 5.83. The van der Waals surface area contributed by atoms with Gasteiger partial charge in [0.25, 0.3) is 0 Å². The Labute approximate surface area is 92.2 Å². The van der Waals surface area contributed by atoms with Gasteiger partial charge in [-0.2, -0.15) is 0 Å². The lowest BCUT2D eigenvalue weighted by Crippen LogP contribution is -2.61. The maximum Gasteiger partial charge on any atom is 0.238 e. The number of nitrogens with zero attached hydrogens (tertiary/aromatic N) is 1. The van der Waals surface area contributed by atoms with Crippen molar-refractivity contribution in [2.24, 2.45) is 11.7 Å². The molecular weight excluding hydrogens is 190 g/mol. The van der Waals surface area contributed by atoms with Crippen molar-refractivity contribution in [1.82, 2.24) is 10.2 Å². The van der Waals surface area contributed by atoms with Crippen LogP contribution in [0.1, 0.15) is 27.2 Å². The first-order chi connectivity index (χ1) is 7.04. The van der Waals surface area contributed by atoms with Gasteiger partial charge in [0.05, 0.1) is 0 Å². The van der Waals surface area contributed by atoms with Crippen molar-refractivity contribution in [2.75, 3.05) is 19.6 Å². The average molecular weight is 213 g/mol. The SMILES string of the molecule is CC(C)CCN1CC(C)NC(=O)C1CN. The zero-order valence-electron chi connectivity index (χ0n) is 9.99. The fourth-order valence-electron chi connectivity index (χ4n) is 1.96. The van der Waals surface area contributed by atoms with E-state index in [1.165, 1.54) is 0 Å². The molecule has 1 aliphatic rings. The minimum absolute atomic E-state index is 0.0833. The molecule has 15 heavy (non-hydrogen) atoms. The number of rotatable bonds is 4. The third kappa shape index (κ3) is 3.47. The Hall–Kier alpha value is -0.610. The summed E-state index contributed by atoms with van der Waals surface area (Å²) in [5, 5.41) is 2.94. The second kappa shape index (κ2) is 5.47. The van der Waals surface area contributed by atoms with Crippen LogP contribution in [0.15, 0.2) is 0 Å². The fourth-order valence-corrected chi connectivity index (χ4v) is 1.96. The van der Waals surface area contributed by atoms with E-state index in [1.807, 2.05) is 6.92 Å². The Morgan fingerprint density at radius 1 is 1.60 bits per heavy atom. The quantitative estimate of drug-likeness (QED) is 0.700. The molecule has 0 aromatic carbocycles. The Morgan fingerprint density at radius 3 is 2.80 bits per heavy atom. The van der Waals surface area contributed by atoms with Gasteiger partial charge in [0.2, 0.25) is 5.91 Å². The molecule has 1 amide bonds. The van der Waals surface area contributed by atoms with Crippen molar-refractivity contribution >= 4 is 5.91 Å². The number of carbonyl (C=O) groups excluding carboxylic acids is 1. The molecule has 1 rings (SSSR count). The molecule has 4 nitrogen and oxygen atoms in total. The van der Waals surface area contributed by atoms with E-state index in [9.17, 15) is 4.79 Å². The highest BCUT2D eigenvalue weighted by Gasteiger charge is 2.31. The molecule has 3 N–H and O–H groups in total. The largest absolute Gasteiger partial charge is 0.351 e. The highest BCUT2D eigenvalue weighted by atomic mass is 16.2. The number of amides is 1. The third-order valence-electron chi connectivity index (χ3n) is 2.86. The number of piperazine rings is 1. The van der Waals surface area contributed by atoms with E-state index in [-0.39, 0.29) is 18.0 Å². The van der Waals surface area contributed by atoms with Gasteiger partial charge in [0.15, 0.2) is 0 Å². The third-order valence-corrected chi connectivity index (χ3v) is 2.86. The van der Waals surface area contributed by atoms with Gasteiger partial charge in [-0.1, -0.05) is 13.8 Å². The van der Waals surface area contributed by atoms with Crippen LogP contribution in [0.4, 0.5) is 0 Å². The molecular formula is C11H23N3O. The molecule has 1 heterocycles. The number of nitrogens with two attached hydrogens (primary N) is 1. The molecule has 0 aromatic heterocycles. The molecule has 0 radical (unpaired) electrons. The van der Waals surface area contributed by atoms with Crippen LogP contribution in [0.3, 0.4) is 0 Å². The standard InChI is InChI=1S/C11H23N3O/c1-8(2)4-5-14-7-9(3)13-11(15)10(14)6-12/h8-10H,4-7,12H2,1-3H3,(H,13,15). The highest BCUT2D eigenvalue weighted by Crippen LogP contribution is 2.10. The van der Waals surface area contributed by atoms with E-state index in [0.717, 1.165) is 19.5 Å². The molecule has 1 saturated heterocycles. The molecule has 1 fully saturated rings. The van der Waals surface area contributed by atoms with Crippen molar-refractivity contribution in [3.8, 4) is 0 Å². The topological polar surface area (TPSA) is 58.4 Å². The predicted octanol–water partition coefficient (Wildman–Crippen LogP) is 0.180. The summed E-state index contributed by atoms with van der Waals surface area (Å²) in [4.78, 5) is 13.9. The molecule has 4 heteroatoms. The van der Waals surface area contributed by atoms with E-state index in [4.69, 9.17) is 5.73 Å². The van der Waals surface area contributed by atoms with E-state index < -0.39 is 0 Å². The van der Waals surface area contributed by atoms with Crippen LogP contribution in [-0.4, -0.2) is 42.5 Å². The van der Waals surface area contributed by atoms with Crippen LogP contribution in [0.2, 0.25) is 0 Å². The molecule has 0 aromatic rings. The van der Waals surface area contributed by atoms with Crippen molar-refractivity contribution in [2.45, 2.75) is 39.3 Å². The summed E-state index contributed by atoms with van der Waals surface area (Å²) in [5.74, 6) is 0.753. The first kappa shape index (κ1) is 12.5. The van der Waals surface area contributed by atoms with E-state index in [0.29, 0.717) is 12.5 Å². The van der Waals surface area contributed by atoms with Gasteiger partial charge < -0.3 is 11.1 Å². The Kier molecular flexibility index (Phi) is 4.54. The summed E-state index contributed by atoms with van der Waals surface area (Å²) in [7, 11) is 0. The number of hydrogen-bond donors (Lipinski definition) is 2. The van der Waals surface area contributed by atoms with Crippen molar-refractivity contribution in [1.29, 1.82) is 0 Å². The minimum atomic E-state index is -0.125. The van der Waals surface area contributed by atoms with Crippen LogP contribution in [0.5, 0.6) is 0 Å². The van der Waals surface area contributed by atoms with Gasteiger partial charge in [0.1, 0.15) is 6.04 Å². The molecule has 0 bridgehead atoms. The first-order valence-corrected chi connectivity index (χ1v) is 5.79. The summed E-state index contributed by atoms with van der Waals surface area (Å²) in [6.45, 7) is 8.73. The van der Waals surface area contributed by atoms with E-state index in [2.05, 4.69) is 24.1 Å². The minimum Gasteiger partial charge on any atom is -0.351 e. The van der Waals surface area contributed by atoms with Crippen LogP contribution in [0.25, 0.3) is 0 Å². The second-order valence-corrected chi connectivity index (χ2v) is 4.84. The first-order valence-electron chi connectivity index (χ1n) is 5.79. The average Bonchev–Trinajstić information content (AvgIpc) is 2.13. The number of hydrogen-bond acceptors (Lipinski definition) is 3. The lowest BCUT2D eigenvalue weighted by Gasteiger charge is -2.38. The monoisotopic (exact) mass is 213 g/mol. The summed E-state index contributed by atoms with van der Waals surface area (Å²) >= 11 is 0. The van der Waals surface area contributed by atoms with Gasteiger partial charge in [-0.3, -0.25) is 9.69 Å². The molecule has 2 atom stereocenters. The zero-order chi connectivity index (χ0) is 11.4. The normalized spacial score (nSPS) is 28.2. The Bertz CT molecular complexity index is 218. The van der Waals surface area contributed by atoms with E-state index in [1.54, 1.807) is 0 Å². The van der Waals surface area contributed by atoms with Crippen LogP contribution in [-0.2, 0) is 4.79 Å². The smallest absolute Gasteiger partial charge is 0.238 e. The van der Waals surface area contributed by atoms with Crippen LogP contribution < -0.4 is 11.1 Å². The summed E-state index contributed by atoms with van der Waals surface area (Å²) in [5.41, 5.74) is 5.63. The number of carbonyl (C=O) groups is 1. The van der Waals surface area contributed by atoms with Gasteiger partial charge >= 0.3 is 0 Å². The van der Waals surface area contributed by atoms with Gasteiger partial charge in [-0.25, -0.2) is 0 Å². The summed E-state index contributed by atoms with van der Waals surface area (Å²) < 4.78 is 0. The maximum absolute atomic E-state index is 11.7. The molecule has 0 saturated carbocycles. The Morgan fingerprint density at radius 2 is 2.27 bits per heavy atom. The van der Waals surface area contributed by atoms with Gasteiger partial charge in [-0.15, -0.1) is 0 Å². The Balaban J connectivity index is 2.53. The lowest BCUT2D eigenvalue weighted by atomic mass is 10.1. The predicted molar refractivity (Wildman–Crippen MR) is 61.5 cm³/mol. The maximum atomic E-state index is 11.7. The summed E-state index contributed by atoms with van der Waals surface area (Å²) in [6, 6.07) is 0.118. The molecule has 2 unspecified atom stereocenters. The molecule has 0 spiro atoms. The second-order valence-electron chi connectivity index (χ2n) is 4.84. The zero-order valence-corrected chi connectivity index (χ0v) is 9.99. The van der Waals surface area contributed by atoms with Gasteiger partial charge in [0, 0.05) is 19.1 Å². The van der Waals surface area contributed by atoms with Crippen molar-refractivity contribution in [3.63, 3.8) is 0 Å². The fraction of sp³-hybridized carbons (Fsp3) is 0.909. The van der Waals surface area contributed by atoms with Gasteiger partial charge in [-0.05, 0) is 25.8 Å². The van der Waals surface area contributed by atoms with Crippen LogP contribution >= 0.6 is 0 Å². The number of nitrogens with one attached hydrogen (secondary N) is 1. The van der Waals surface area contributed by atoms with Crippen LogP contribution in [0, 0.1) is 5.92 Å². The van der Waals surface area contributed by atoms with Crippen molar-refractivity contribution in [3.05, 3.63) is 0 Å².